The van der Waals surface area contributed by atoms with E-state index in [-0.39, 0.29) is 11.8 Å². The first kappa shape index (κ1) is 23.4. The first-order valence-electron chi connectivity index (χ1n) is 11.2. The highest BCUT2D eigenvalue weighted by molar-refractivity contribution is 6.24. The summed E-state index contributed by atoms with van der Waals surface area (Å²) in [5.74, 6) is -0.626. The van der Waals surface area contributed by atoms with Crippen LogP contribution >= 0.6 is 0 Å². The SMILES string of the molecule is CN(C)CC(=O)N(C)c1ccc(N=C(c2ccc(CN)cc2)C2C(=O)Nc3ccccc32)cc1. The Hall–Kier alpha value is -3.81. The Morgan fingerprint density at radius 1 is 0.971 bits per heavy atom. The number of rotatable bonds is 7. The number of amides is 2. The number of carbonyl (C=O) groups is 2. The number of benzene rings is 3. The first-order chi connectivity index (χ1) is 16.4. The number of nitrogens with one attached hydrogen (secondary N) is 1. The predicted molar refractivity (Wildman–Crippen MR) is 137 cm³/mol. The average molecular weight is 456 g/mol. The van der Waals surface area contributed by atoms with E-state index in [1.165, 1.54) is 0 Å². The molecule has 2 amide bonds. The van der Waals surface area contributed by atoms with Crippen LogP contribution in [-0.4, -0.2) is 50.1 Å². The molecule has 0 spiro atoms. The van der Waals surface area contributed by atoms with Crippen LogP contribution in [0, 0.1) is 0 Å². The normalized spacial score (nSPS) is 15.3. The van der Waals surface area contributed by atoms with E-state index in [0.29, 0.717) is 24.5 Å². The summed E-state index contributed by atoms with van der Waals surface area (Å²) < 4.78 is 0. The maximum absolute atomic E-state index is 13.0. The van der Waals surface area contributed by atoms with Crippen LogP contribution in [0.15, 0.2) is 77.8 Å². The number of likely N-dealkylation sites (N-methyl/N-ethyl adjacent to an activating group) is 2. The van der Waals surface area contributed by atoms with E-state index in [0.717, 1.165) is 28.1 Å². The first-order valence-corrected chi connectivity index (χ1v) is 11.2. The van der Waals surface area contributed by atoms with E-state index in [2.05, 4.69) is 5.32 Å². The molecule has 0 saturated carbocycles. The van der Waals surface area contributed by atoms with E-state index in [1.54, 1.807) is 11.9 Å². The zero-order chi connectivity index (χ0) is 24.2. The van der Waals surface area contributed by atoms with Gasteiger partial charge in [-0.15, -0.1) is 0 Å². The molecular weight excluding hydrogens is 426 g/mol. The summed E-state index contributed by atoms with van der Waals surface area (Å²) in [5, 5.41) is 2.97. The molecule has 0 bridgehead atoms. The molecule has 1 aliphatic rings. The molecular formula is C27H29N5O2. The Balaban J connectivity index is 1.71. The molecule has 0 radical (unpaired) electrons. The Bertz CT molecular complexity index is 1220. The number of fused-ring (bicyclic) bond motifs is 1. The quantitative estimate of drug-likeness (QED) is 0.533. The van der Waals surface area contributed by atoms with Crippen molar-refractivity contribution in [2.24, 2.45) is 10.7 Å². The third kappa shape index (κ3) is 4.90. The van der Waals surface area contributed by atoms with Crippen LogP contribution < -0.4 is 16.0 Å². The van der Waals surface area contributed by atoms with Gasteiger partial charge in [0.15, 0.2) is 0 Å². The summed E-state index contributed by atoms with van der Waals surface area (Å²) >= 11 is 0. The Morgan fingerprint density at radius 2 is 1.65 bits per heavy atom. The van der Waals surface area contributed by atoms with Gasteiger partial charge in [-0.2, -0.15) is 0 Å². The highest BCUT2D eigenvalue weighted by Gasteiger charge is 2.35. The molecule has 3 N–H and O–H groups in total. The molecule has 1 heterocycles. The highest BCUT2D eigenvalue weighted by Crippen LogP contribution is 2.36. The van der Waals surface area contributed by atoms with Crippen LogP contribution in [0.3, 0.4) is 0 Å². The lowest BCUT2D eigenvalue weighted by Crippen LogP contribution is -2.34. The van der Waals surface area contributed by atoms with Crippen molar-refractivity contribution in [3.63, 3.8) is 0 Å². The summed E-state index contributed by atoms with van der Waals surface area (Å²) in [6.45, 7) is 0.774. The fraction of sp³-hybridized carbons (Fsp3) is 0.222. The number of aliphatic imine (C=N–C) groups is 1. The van der Waals surface area contributed by atoms with E-state index in [9.17, 15) is 9.59 Å². The lowest BCUT2D eigenvalue weighted by Gasteiger charge is -2.20. The Labute approximate surface area is 199 Å². The van der Waals surface area contributed by atoms with Gasteiger partial charge in [-0.1, -0.05) is 42.5 Å². The van der Waals surface area contributed by atoms with Gasteiger partial charge in [0.05, 0.1) is 17.9 Å². The molecule has 1 aliphatic heterocycles. The lowest BCUT2D eigenvalue weighted by atomic mass is 9.90. The minimum atomic E-state index is -0.524. The zero-order valence-electron chi connectivity index (χ0n) is 19.7. The number of nitrogens with two attached hydrogens (primary N) is 1. The number of para-hydroxylation sites is 1. The third-order valence-electron chi connectivity index (χ3n) is 5.86. The number of carbonyl (C=O) groups excluding carboxylic acids is 2. The van der Waals surface area contributed by atoms with Gasteiger partial charge < -0.3 is 20.9 Å². The summed E-state index contributed by atoms with van der Waals surface area (Å²) in [6.07, 6.45) is 0. The van der Waals surface area contributed by atoms with Crippen molar-refractivity contribution in [1.29, 1.82) is 0 Å². The third-order valence-corrected chi connectivity index (χ3v) is 5.86. The smallest absolute Gasteiger partial charge is 0.240 e. The van der Waals surface area contributed by atoms with Crippen molar-refractivity contribution in [1.82, 2.24) is 4.90 Å². The fourth-order valence-electron chi connectivity index (χ4n) is 4.00. The van der Waals surface area contributed by atoms with Crippen LogP contribution in [0.5, 0.6) is 0 Å². The Morgan fingerprint density at radius 3 is 2.29 bits per heavy atom. The number of hydrogen-bond donors (Lipinski definition) is 2. The number of hydrogen-bond acceptors (Lipinski definition) is 5. The number of anilines is 2. The van der Waals surface area contributed by atoms with E-state index in [4.69, 9.17) is 10.7 Å². The average Bonchev–Trinajstić information content (AvgIpc) is 3.17. The molecule has 0 aromatic heterocycles. The van der Waals surface area contributed by atoms with Gasteiger partial charge in [0.2, 0.25) is 11.8 Å². The molecule has 0 saturated heterocycles. The summed E-state index contributed by atoms with van der Waals surface area (Å²) in [4.78, 5) is 33.8. The van der Waals surface area contributed by atoms with Crippen molar-refractivity contribution in [3.8, 4) is 0 Å². The molecule has 0 aliphatic carbocycles. The molecule has 1 atom stereocenters. The summed E-state index contributed by atoms with van der Waals surface area (Å²) in [5.41, 5.74) is 11.5. The van der Waals surface area contributed by atoms with Gasteiger partial charge in [0.1, 0.15) is 5.92 Å². The standard InChI is InChI=1S/C27H29N5O2/c1-31(2)17-24(33)32(3)21-14-12-20(13-15-21)29-26(19-10-8-18(16-28)9-11-19)25-22-6-4-5-7-23(22)30-27(25)34/h4-15,25H,16-17,28H2,1-3H3,(H,30,34). The molecule has 4 rings (SSSR count). The monoisotopic (exact) mass is 455 g/mol. The second kappa shape index (κ2) is 9.99. The van der Waals surface area contributed by atoms with Crippen molar-refractivity contribution >= 4 is 34.6 Å². The van der Waals surface area contributed by atoms with Crippen molar-refractivity contribution in [3.05, 3.63) is 89.5 Å². The van der Waals surface area contributed by atoms with Crippen LogP contribution in [0.25, 0.3) is 0 Å². The van der Waals surface area contributed by atoms with Gasteiger partial charge in [0, 0.05) is 25.0 Å². The van der Waals surface area contributed by atoms with Crippen molar-refractivity contribution in [2.45, 2.75) is 12.5 Å². The molecule has 1 unspecified atom stereocenters. The van der Waals surface area contributed by atoms with E-state index < -0.39 is 5.92 Å². The van der Waals surface area contributed by atoms with E-state index >= 15 is 0 Å². The van der Waals surface area contributed by atoms with Crippen molar-refractivity contribution in [2.75, 3.05) is 37.9 Å². The largest absolute Gasteiger partial charge is 0.326 e. The maximum Gasteiger partial charge on any atom is 0.240 e. The van der Waals surface area contributed by atoms with Crippen molar-refractivity contribution < 1.29 is 9.59 Å². The summed E-state index contributed by atoms with van der Waals surface area (Å²) in [7, 11) is 5.49. The Kier molecular flexibility index (Phi) is 6.86. The van der Waals surface area contributed by atoms with Crippen LogP contribution in [0.2, 0.25) is 0 Å². The molecule has 174 valence electrons. The van der Waals surface area contributed by atoms with Crippen LogP contribution in [-0.2, 0) is 16.1 Å². The minimum absolute atomic E-state index is 0.00108. The van der Waals surface area contributed by atoms with Gasteiger partial charge in [-0.25, -0.2) is 0 Å². The van der Waals surface area contributed by atoms with Gasteiger partial charge in [-0.05, 0) is 61.1 Å². The molecule has 3 aromatic rings. The molecule has 3 aromatic carbocycles. The minimum Gasteiger partial charge on any atom is -0.326 e. The van der Waals surface area contributed by atoms with Gasteiger partial charge in [-0.3, -0.25) is 14.6 Å². The van der Waals surface area contributed by atoms with Crippen LogP contribution in [0.4, 0.5) is 17.1 Å². The predicted octanol–water partition coefficient (Wildman–Crippen LogP) is 3.53. The molecule has 0 fully saturated rings. The fourth-order valence-corrected chi connectivity index (χ4v) is 4.00. The lowest BCUT2D eigenvalue weighted by molar-refractivity contribution is -0.119. The maximum atomic E-state index is 13.0. The van der Waals surface area contributed by atoms with Gasteiger partial charge >= 0.3 is 0 Å². The second-order valence-corrected chi connectivity index (χ2v) is 8.61. The molecule has 34 heavy (non-hydrogen) atoms. The zero-order valence-corrected chi connectivity index (χ0v) is 19.7. The van der Waals surface area contributed by atoms with Crippen LogP contribution in [0.1, 0.15) is 22.6 Å². The second-order valence-electron chi connectivity index (χ2n) is 8.61. The van der Waals surface area contributed by atoms with E-state index in [1.807, 2.05) is 91.8 Å². The number of nitrogens with zero attached hydrogens (tertiary/aromatic N) is 3. The molecule has 7 nitrogen and oxygen atoms in total. The topological polar surface area (TPSA) is 91.0 Å². The highest BCUT2D eigenvalue weighted by atomic mass is 16.2. The summed E-state index contributed by atoms with van der Waals surface area (Å²) in [6, 6.07) is 23.0. The molecule has 7 heteroatoms. The van der Waals surface area contributed by atoms with Gasteiger partial charge in [0.25, 0.3) is 0 Å².